The van der Waals surface area contributed by atoms with Gasteiger partial charge < -0.3 is 19.7 Å². The lowest BCUT2D eigenvalue weighted by Gasteiger charge is -2.24. The SMILES string of the molecule is CCCN(Cc1c(C)nn(-c2cccc(Cl)c2)c1Oc1ccc(OC)cc1)C(=O)NC(C)C. The van der Waals surface area contributed by atoms with E-state index in [-0.39, 0.29) is 12.1 Å². The third-order valence-electron chi connectivity index (χ3n) is 5.01. The number of aryl methyl sites for hydroxylation is 1. The number of benzene rings is 2. The standard InChI is InChI=1S/C25H31ClN4O3/c1-6-14-29(25(31)27-17(2)3)16-23-18(4)28-30(20-9-7-8-19(26)15-20)24(23)33-22-12-10-21(32-5)11-13-22/h7-13,15,17H,6,14,16H2,1-5H3,(H,27,31). The number of aromatic nitrogens is 2. The summed E-state index contributed by atoms with van der Waals surface area (Å²) in [6.07, 6.45) is 0.835. The Morgan fingerprint density at radius 1 is 1.18 bits per heavy atom. The van der Waals surface area contributed by atoms with Gasteiger partial charge >= 0.3 is 6.03 Å². The van der Waals surface area contributed by atoms with Gasteiger partial charge in [-0.05, 0) is 69.7 Å². The number of nitrogens with one attached hydrogen (secondary N) is 1. The molecule has 0 saturated heterocycles. The Hall–Kier alpha value is -3.19. The zero-order valence-electron chi connectivity index (χ0n) is 19.8. The van der Waals surface area contributed by atoms with Crippen molar-refractivity contribution in [3.05, 3.63) is 64.8 Å². The highest BCUT2D eigenvalue weighted by molar-refractivity contribution is 6.30. The number of halogens is 1. The van der Waals surface area contributed by atoms with E-state index in [1.165, 1.54) is 0 Å². The highest BCUT2D eigenvalue weighted by Gasteiger charge is 2.24. The first-order valence-corrected chi connectivity index (χ1v) is 11.4. The molecule has 0 saturated carbocycles. The number of hydrogen-bond acceptors (Lipinski definition) is 4. The zero-order chi connectivity index (χ0) is 24.0. The van der Waals surface area contributed by atoms with Crippen LogP contribution in [0.4, 0.5) is 4.79 Å². The monoisotopic (exact) mass is 470 g/mol. The fourth-order valence-corrected chi connectivity index (χ4v) is 3.60. The van der Waals surface area contributed by atoms with Crippen molar-refractivity contribution in [2.45, 2.75) is 46.7 Å². The highest BCUT2D eigenvalue weighted by atomic mass is 35.5. The van der Waals surface area contributed by atoms with Crippen molar-refractivity contribution < 1.29 is 14.3 Å². The van der Waals surface area contributed by atoms with Gasteiger partial charge in [-0.25, -0.2) is 9.48 Å². The molecular weight excluding hydrogens is 440 g/mol. The maximum atomic E-state index is 12.8. The second kappa shape index (κ2) is 11.1. The van der Waals surface area contributed by atoms with Crippen molar-refractivity contribution in [2.24, 2.45) is 0 Å². The molecule has 0 radical (unpaired) electrons. The molecule has 176 valence electrons. The Morgan fingerprint density at radius 3 is 2.48 bits per heavy atom. The summed E-state index contributed by atoms with van der Waals surface area (Å²) in [6, 6.07) is 14.7. The largest absolute Gasteiger partial charge is 0.497 e. The van der Waals surface area contributed by atoms with Gasteiger partial charge in [-0.3, -0.25) is 0 Å². The van der Waals surface area contributed by atoms with Gasteiger partial charge in [0.05, 0.1) is 30.6 Å². The molecule has 1 N–H and O–H groups in total. The van der Waals surface area contributed by atoms with Crippen molar-refractivity contribution >= 4 is 17.6 Å². The molecule has 3 rings (SSSR count). The van der Waals surface area contributed by atoms with Crippen LogP contribution in [0.2, 0.25) is 5.02 Å². The molecule has 2 aromatic carbocycles. The van der Waals surface area contributed by atoms with Crippen molar-refractivity contribution in [3.63, 3.8) is 0 Å². The van der Waals surface area contributed by atoms with Crippen LogP contribution in [0.5, 0.6) is 17.4 Å². The second-order valence-corrected chi connectivity index (χ2v) is 8.50. The van der Waals surface area contributed by atoms with Gasteiger partial charge in [-0.2, -0.15) is 5.10 Å². The second-order valence-electron chi connectivity index (χ2n) is 8.06. The summed E-state index contributed by atoms with van der Waals surface area (Å²) in [5, 5.41) is 8.32. The van der Waals surface area contributed by atoms with Gasteiger partial charge in [0.15, 0.2) is 0 Å². The Morgan fingerprint density at radius 2 is 1.88 bits per heavy atom. The van der Waals surface area contributed by atoms with E-state index in [9.17, 15) is 4.79 Å². The summed E-state index contributed by atoms with van der Waals surface area (Å²) in [5.41, 5.74) is 2.38. The Labute approximate surface area is 200 Å². The van der Waals surface area contributed by atoms with Crippen LogP contribution in [0.25, 0.3) is 5.69 Å². The van der Waals surface area contributed by atoms with Crippen molar-refractivity contribution in [1.29, 1.82) is 0 Å². The minimum atomic E-state index is -0.114. The molecule has 0 unspecified atom stereocenters. The molecule has 2 amide bonds. The first-order valence-electron chi connectivity index (χ1n) is 11.0. The first kappa shape index (κ1) is 24.5. The molecule has 1 aromatic heterocycles. The number of carbonyl (C=O) groups excluding carboxylic acids is 1. The number of rotatable bonds is 9. The van der Waals surface area contributed by atoms with Crippen LogP contribution in [0.1, 0.15) is 38.4 Å². The van der Waals surface area contributed by atoms with Crippen LogP contribution >= 0.6 is 11.6 Å². The lowest BCUT2D eigenvalue weighted by Crippen LogP contribution is -2.43. The fraction of sp³-hybridized carbons (Fsp3) is 0.360. The van der Waals surface area contributed by atoms with Crippen LogP contribution in [-0.4, -0.2) is 40.4 Å². The topological polar surface area (TPSA) is 68.6 Å². The number of urea groups is 1. The third-order valence-corrected chi connectivity index (χ3v) is 5.24. The van der Waals surface area contributed by atoms with E-state index in [0.717, 1.165) is 29.1 Å². The molecule has 3 aromatic rings. The van der Waals surface area contributed by atoms with E-state index in [1.54, 1.807) is 16.7 Å². The quantitative estimate of drug-likeness (QED) is 0.418. The molecule has 1 heterocycles. The summed E-state index contributed by atoms with van der Waals surface area (Å²) in [5.74, 6) is 1.91. The van der Waals surface area contributed by atoms with Crippen molar-refractivity contribution in [2.75, 3.05) is 13.7 Å². The van der Waals surface area contributed by atoms with Gasteiger partial charge in [0.25, 0.3) is 0 Å². The van der Waals surface area contributed by atoms with E-state index in [4.69, 9.17) is 26.2 Å². The van der Waals surface area contributed by atoms with Crippen molar-refractivity contribution in [1.82, 2.24) is 20.0 Å². The average Bonchev–Trinajstić information content (AvgIpc) is 3.08. The van der Waals surface area contributed by atoms with E-state index >= 15 is 0 Å². The van der Waals surface area contributed by atoms with Gasteiger partial charge in [0.2, 0.25) is 5.88 Å². The normalized spacial score (nSPS) is 10.9. The lowest BCUT2D eigenvalue weighted by atomic mass is 10.2. The molecule has 0 aliphatic carbocycles. The number of nitrogens with zero attached hydrogens (tertiary/aromatic N) is 3. The first-order chi connectivity index (χ1) is 15.8. The predicted molar refractivity (Wildman–Crippen MR) is 131 cm³/mol. The number of methoxy groups -OCH3 is 1. The smallest absolute Gasteiger partial charge is 0.317 e. The van der Waals surface area contributed by atoms with Crippen LogP contribution in [0.3, 0.4) is 0 Å². The lowest BCUT2D eigenvalue weighted by molar-refractivity contribution is 0.192. The summed E-state index contributed by atoms with van der Waals surface area (Å²) >= 11 is 6.25. The third kappa shape index (κ3) is 6.20. The summed E-state index contributed by atoms with van der Waals surface area (Å²) < 4.78 is 13.3. The maximum absolute atomic E-state index is 12.8. The zero-order valence-corrected chi connectivity index (χ0v) is 20.5. The predicted octanol–water partition coefficient (Wildman–Crippen LogP) is 5.97. The molecular formula is C25H31ClN4O3. The highest BCUT2D eigenvalue weighted by Crippen LogP contribution is 2.33. The molecule has 0 atom stereocenters. The van der Waals surface area contributed by atoms with Crippen LogP contribution in [-0.2, 0) is 6.54 Å². The number of hydrogen-bond donors (Lipinski definition) is 1. The molecule has 0 spiro atoms. The van der Waals surface area contributed by atoms with Gasteiger partial charge in [0, 0.05) is 17.6 Å². The van der Waals surface area contributed by atoms with Crippen molar-refractivity contribution in [3.8, 4) is 23.1 Å². The molecule has 0 aliphatic heterocycles. The minimum absolute atomic E-state index is 0.0437. The molecule has 0 aliphatic rings. The molecule has 8 heteroatoms. The minimum Gasteiger partial charge on any atom is -0.497 e. The van der Waals surface area contributed by atoms with Crippen LogP contribution < -0.4 is 14.8 Å². The van der Waals surface area contributed by atoms with Gasteiger partial charge in [0.1, 0.15) is 11.5 Å². The molecule has 33 heavy (non-hydrogen) atoms. The van der Waals surface area contributed by atoms with E-state index < -0.39 is 0 Å². The Balaban J connectivity index is 2.04. The summed E-state index contributed by atoms with van der Waals surface area (Å²) in [4.78, 5) is 14.6. The fourth-order valence-electron chi connectivity index (χ4n) is 3.41. The Bertz CT molecular complexity index is 1080. The summed E-state index contributed by atoms with van der Waals surface area (Å²) in [7, 11) is 1.62. The Kier molecular flexibility index (Phi) is 8.22. The van der Waals surface area contributed by atoms with E-state index in [1.807, 2.05) is 76.2 Å². The van der Waals surface area contributed by atoms with Gasteiger partial charge in [-0.15, -0.1) is 0 Å². The molecule has 0 fully saturated rings. The van der Waals surface area contributed by atoms with E-state index in [0.29, 0.717) is 29.7 Å². The van der Waals surface area contributed by atoms with Crippen LogP contribution in [0.15, 0.2) is 48.5 Å². The maximum Gasteiger partial charge on any atom is 0.317 e. The van der Waals surface area contributed by atoms with Crippen LogP contribution in [0, 0.1) is 6.92 Å². The number of ether oxygens (including phenoxy) is 2. The molecule has 0 bridgehead atoms. The molecule has 7 nitrogen and oxygen atoms in total. The number of carbonyl (C=O) groups is 1. The van der Waals surface area contributed by atoms with E-state index in [2.05, 4.69) is 5.32 Å². The average molecular weight is 471 g/mol. The van der Waals surface area contributed by atoms with Gasteiger partial charge in [-0.1, -0.05) is 24.6 Å². The number of amides is 2. The summed E-state index contributed by atoms with van der Waals surface area (Å²) in [6.45, 7) is 8.84.